The van der Waals surface area contributed by atoms with Crippen LogP contribution in [-0.4, -0.2) is 55.9 Å². The molecule has 4 aliphatic heterocycles. The van der Waals surface area contributed by atoms with Gasteiger partial charge in [-0.25, -0.2) is 4.98 Å². The van der Waals surface area contributed by atoms with Crippen molar-refractivity contribution in [2.24, 2.45) is 0 Å². The molecule has 0 amide bonds. The van der Waals surface area contributed by atoms with E-state index in [4.69, 9.17) is 5.41 Å². The van der Waals surface area contributed by atoms with Crippen LogP contribution in [0.1, 0.15) is 18.9 Å². The highest BCUT2D eigenvalue weighted by Gasteiger charge is 2.23. The molecule has 2 N–H and O–H groups in total. The molecule has 5 rings (SSSR count). The zero-order chi connectivity index (χ0) is 17.7. The zero-order valence-electron chi connectivity index (χ0n) is 14.8. The first-order valence-corrected chi connectivity index (χ1v) is 9.12. The number of rotatable bonds is 2. The van der Waals surface area contributed by atoms with E-state index >= 15 is 0 Å². The SMILES string of the molecule is CN1CCC(n2cc(-c3nc(=N)nc4n5c(ccc3-4)NCC5)cn2)CC1. The van der Waals surface area contributed by atoms with Crippen molar-refractivity contribution >= 4 is 5.82 Å². The summed E-state index contributed by atoms with van der Waals surface area (Å²) < 4.78 is 4.20. The summed E-state index contributed by atoms with van der Waals surface area (Å²) in [4.78, 5) is 11.2. The highest BCUT2D eigenvalue weighted by atomic mass is 15.3. The molecule has 0 aliphatic carbocycles. The van der Waals surface area contributed by atoms with Gasteiger partial charge in [-0.05, 0) is 45.1 Å². The lowest BCUT2D eigenvalue weighted by Gasteiger charge is -2.28. The monoisotopic (exact) mass is 350 g/mol. The summed E-state index contributed by atoms with van der Waals surface area (Å²) in [5.41, 5.74) is 2.77. The second kappa shape index (κ2) is 5.91. The normalized spacial score (nSPS) is 18.2. The van der Waals surface area contributed by atoms with E-state index in [1.165, 1.54) is 0 Å². The van der Waals surface area contributed by atoms with Gasteiger partial charge in [0.2, 0.25) is 5.62 Å². The van der Waals surface area contributed by atoms with Crippen molar-refractivity contribution in [1.82, 2.24) is 29.2 Å². The molecule has 0 atom stereocenters. The standard InChI is InChI=1S/C18H22N8/c1-24-7-4-13(5-8-24)26-11-12(10-21-26)16-14-2-3-15-20-6-9-25(15)17(14)23-18(19)22-16/h2-3,10-11,13,19-20H,4-9H2,1H3. The van der Waals surface area contributed by atoms with Gasteiger partial charge in [0.05, 0.1) is 17.9 Å². The number of nitrogens with one attached hydrogen (secondary N) is 2. The lowest BCUT2D eigenvalue weighted by Crippen LogP contribution is -2.31. The maximum Gasteiger partial charge on any atom is 0.244 e. The molecule has 1 saturated heterocycles. The number of hydrogen-bond acceptors (Lipinski definition) is 6. The molecule has 134 valence electrons. The summed E-state index contributed by atoms with van der Waals surface area (Å²) in [6.45, 7) is 3.95. The van der Waals surface area contributed by atoms with E-state index in [0.717, 1.165) is 67.5 Å². The van der Waals surface area contributed by atoms with Crippen LogP contribution in [0.15, 0.2) is 24.5 Å². The number of piperidine rings is 1. The molecular formula is C18H22N8. The van der Waals surface area contributed by atoms with Gasteiger partial charge in [-0.15, -0.1) is 0 Å². The van der Waals surface area contributed by atoms with E-state index in [-0.39, 0.29) is 5.62 Å². The number of pyridine rings is 1. The van der Waals surface area contributed by atoms with Crippen LogP contribution in [0.4, 0.5) is 5.82 Å². The van der Waals surface area contributed by atoms with Gasteiger partial charge < -0.3 is 14.8 Å². The van der Waals surface area contributed by atoms with Crippen LogP contribution in [0.5, 0.6) is 0 Å². The predicted octanol–water partition coefficient (Wildman–Crippen LogP) is 1.42. The summed E-state index contributed by atoms with van der Waals surface area (Å²) in [5, 5.41) is 16.0. The third-order valence-electron chi connectivity index (χ3n) is 5.46. The van der Waals surface area contributed by atoms with Crippen LogP contribution < -0.4 is 10.9 Å². The van der Waals surface area contributed by atoms with Gasteiger partial charge in [-0.2, -0.15) is 10.1 Å². The Morgan fingerprint density at radius 3 is 2.85 bits per heavy atom. The lowest BCUT2D eigenvalue weighted by molar-refractivity contribution is 0.212. The van der Waals surface area contributed by atoms with Crippen LogP contribution in [0, 0.1) is 5.41 Å². The van der Waals surface area contributed by atoms with E-state index in [1.54, 1.807) is 0 Å². The molecule has 0 radical (unpaired) electrons. The molecular weight excluding hydrogens is 328 g/mol. The van der Waals surface area contributed by atoms with Gasteiger partial charge in [-0.1, -0.05) is 0 Å². The van der Waals surface area contributed by atoms with Crippen LogP contribution in [0.3, 0.4) is 0 Å². The molecule has 0 bridgehead atoms. The Labute approximate surface area is 151 Å². The van der Waals surface area contributed by atoms with E-state index in [9.17, 15) is 0 Å². The molecule has 8 nitrogen and oxygen atoms in total. The molecule has 5 heterocycles. The van der Waals surface area contributed by atoms with Gasteiger partial charge in [0.25, 0.3) is 0 Å². The lowest BCUT2D eigenvalue weighted by atomic mass is 10.1. The topological polar surface area (TPSA) is 87.7 Å². The van der Waals surface area contributed by atoms with Gasteiger partial charge in [0.1, 0.15) is 11.6 Å². The Morgan fingerprint density at radius 1 is 1.15 bits per heavy atom. The Bertz CT molecular complexity index is 979. The zero-order valence-corrected chi connectivity index (χ0v) is 14.8. The van der Waals surface area contributed by atoms with Gasteiger partial charge in [0.15, 0.2) is 0 Å². The summed E-state index contributed by atoms with van der Waals surface area (Å²) in [7, 11) is 2.17. The molecule has 0 spiro atoms. The number of nitrogens with zero attached hydrogens (tertiary/aromatic N) is 6. The highest BCUT2D eigenvalue weighted by molar-refractivity contribution is 5.78. The Hall–Kier alpha value is -2.74. The molecule has 26 heavy (non-hydrogen) atoms. The molecule has 8 heteroatoms. The van der Waals surface area contributed by atoms with Crippen molar-refractivity contribution in [3.63, 3.8) is 0 Å². The number of anilines is 1. The fourth-order valence-corrected chi connectivity index (χ4v) is 4.00. The van der Waals surface area contributed by atoms with Crippen molar-refractivity contribution < 1.29 is 0 Å². The molecule has 4 aliphatic rings. The van der Waals surface area contributed by atoms with E-state index in [0.29, 0.717) is 6.04 Å². The minimum atomic E-state index is 0.0485. The second-order valence-electron chi connectivity index (χ2n) is 7.17. The Balaban J connectivity index is 1.56. The van der Waals surface area contributed by atoms with Crippen molar-refractivity contribution in [3.05, 3.63) is 30.1 Å². The number of likely N-dealkylation sites (tertiary alicyclic amines) is 1. The van der Waals surface area contributed by atoms with Crippen LogP contribution >= 0.6 is 0 Å². The maximum absolute atomic E-state index is 8.07. The summed E-state index contributed by atoms with van der Waals surface area (Å²) in [6, 6.07) is 4.54. The fourth-order valence-electron chi connectivity index (χ4n) is 4.00. The Kier molecular flexibility index (Phi) is 3.53. The first-order chi connectivity index (χ1) is 12.7. The average Bonchev–Trinajstić information content (AvgIpc) is 3.31. The summed E-state index contributed by atoms with van der Waals surface area (Å²) >= 11 is 0. The predicted molar refractivity (Wildman–Crippen MR) is 98.0 cm³/mol. The number of aromatic nitrogens is 5. The van der Waals surface area contributed by atoms with E-state index in [1.807, 2.05) is 12.3 Å². The summed E-state index contributed by atoms with van der Waals surface area (Å²) in [5.74, 6) is 1.86. The molecule has 1 fully saturated rings. The quantitative estimate of drug-likeness (QED) is 0.730. The maximum atomic E-state index is 8.07. The van der Waals surface area contributed by atoms with Crippen molar-refractivity contribution in [1.29, 1.82) is 5.41 Å². The van der Waals surface area contributed by atoms with Crippen LogP contribution in [-0.2, 0) is 6.54 Å². The molecule has 0 unspecified atom stereocenters. The molecule has 1 aromatic heterocycles. The van der Waals surface area contributed by atoms with Crippen LogP contribution in [0.2, 0.25) is 0 Å². The minimum Gasteiger partial charge on any atom is -0.370 e. The molecule has 0 aromatic carbocycles. The molecule has 1 aromatic rings. The largest absolute Gasteiger partial charge is 0.370 e. The van der Waals surface area contributed by atoms with Crippen molar-refractivity contribution in [3.8, 4) is 22.6 Å². The second-order valence-corrected chi connectivity index (χ2v) is 7.17. The Morgan fingerprint density at radius 2 is 2.00 bits per heavy atom. The van der Waals surface area contributed by atoms with Crippen LogP contribution in [0.25, 0.3) is 22.6 Å². The van der Waals surface area contributed by atoms with E-state index < -0.39 is 0 Å². The highest BCUT2D eigenvalue weighted by Crippen LogP contribution is 2.33. The van der Waals surface area contributed by atoms with Gasteiger partial charge in [-0.3, -0.25) is 10.1 Å². The third kappa shape index (κ3) is 2.48. The van der Waals surface area contributed by atoms with Gasteiger partial charge in [0, 0.05) is 30.4 Å². The average molecular weight is 350 g/mol. The third-order valence-corrected chi connectivity index (χ3v) is 5.46. The summed E-state index contributed by atoms with van der Waals surface area (Å²) in [6.07, 6.45) is 6.17. The first-order valence-electron chi connectivity index (χ1n) is 9.12. The fraction of sp³-hybridized carbons (Fsp3) is 0.444. The number of hydrogen-bond donors (Lipinski definition) is 2. The smallest absolute Gasteiger partial charge is 0.244 e. The van der Waals surface area contributed by atoms with Gasteiger partial charge >= 0.3 is 0 Å². The van der Waals surface area contributed by atoms with Crippen molar-refractivity contribution in [2.45, 2.75) is 25.4 Å². The van der Waals surface area contributed by atoms with Crippen molar-refractivity contribution in [2.75, 3.05) is 32.0 Å². The first kappa shape index (κ1) is 15.5. The van der Waals surface area contributed by atoms with E-state index in [2.05, 4.69) is 53.8 Å². The number of fused-ring (bicyclic) bond motifs is 3. The molecule has 0 saturated carbocycles. The minimum absolute atomic E-state index is 0.0485.